The van der Waals surface area contributed by atoms with Crippen molar-refractivity contribution >= 4 is 17.5 Å². The molecule has 2 atom stereocenters. The molecule has 0 radical (unpaired) electrons. The maximum atomic E-state index is 13.9. The molecule has 2 amide bonds. The molecule has 2 aromatic carbocycles. The molecular formula is C22H23FN2O2. The molecule has 1 saturated carbocycles. The van der Waals surface area contributed by atoms with Gasteiger partial charge in [-0.15, -0.1) is 0 Å². The summed E-state index contributed by atoms with van der Waals surface area (Å²) in [5.41, 5.74) is 1.66. The number of benzene rings is 2. The number of halogens is 1. The molecule has 4 nitrogen and oxygen atoms in total. The zero-order chi connectivity index (χ0) is 18.8. The van der Waals surface area contributed by atoms with Crippen LogP contribution in [0.5, 0.6) is 0 Å². The van der Waals surface area contributed by atoms with Crippen molar-refractivity contribution in [1.29, 1.82) is 0 Å². The Labute approximate surface area is 158 Å². The van der Waals surface area contributed by atoms with Gasteiger partial charge in [-0.05, 0) is 55.4 Å². The first-order valence-electron chi connectivity index (χ1n) is 9.59. The van der Waals surface area contributed by atoms with E-state index in [2.05, 4.69) is 5.32 Å². The molecule has 0 spiro atoms. The van der Waals surface area contributed by atoms with Crippen LogP contribution in [0.2, 0.25) is 0 Å². The van der Waals surface area contributed by atoms with E-state index in [4.69, 9.17) is 0 Å². The number of likely N-dealkylation sites (tertiary alicyclic amines) is 1. The summed E-state index contributed by atoms with van der Waals surface area (Å²) in [6.07, 6.45) is 3.83. The average Bonchev–Trinajstić information content (AvgIpc) is 3.50. The molecule has 0 bridgehead atoms. The molecule has 1 aliphatic heterocycles. The number of carbonyl (C=O) groups is 2. The van der Waals surface area contributed by atoms with E-state index in [1.165, 1.54) is 6.07 Å². The van der Waals surface area contributed by atoms with Crippen LogP contribution in [0.4, 0.5) is 10.1 Å². The number of carbonyl (C=O) groups excluding carboxylic acids is 2. The molecule has 1 N–H and O–H groups in total. The van der Waals surface area contributed by atoms with E-state index < -0.39 is 0 Å². The quantitative estimate of drug-likeness (QED) is 0.882. The van der Waals surface area contributed by atoms with E-state index in [1.54, 1.807) is 30.3 Å². The largest absolute Gasteiger partial charge is 0.339 e. The first-order valence-corrected chi connectivity index (χ1v) is 9.59. The average molecular weight is 366 g/mol. The lowest BCUT2D eigenvalue weighted by molar-refractivity contribution is -0.117. The minimum Gasteiger partial charge on any atom is -0.339 e. The Morgan fingerprint density at radius 1 is 0.963 bits per heavy atom. The Kier molecular flexibility index (Phi) is 4.92. The van der Waals surface area contributed by atoms with Gasteiger partial charge in [0.15, 0.2) is 0 Å². The molecule has 2 aliphatic rings. The van der Waals surface area contributed by atoms with E-state index in [0.717, 1.165) is 32.4 Å². The Morgan fingerprint density at radius 2 is 1.67 bits per heavy atom. The Balaban J connectivity index is 1.46. The summed E-state index contributed by atoms with van der Waals surface area (Å²) < 4.78 is 13.9. The first kappa shape index (κ1) is 17.7. The van der Waals surface area contributed by atoms with E-state index in [-0.39, 0.29) is 29.5 Å². The van der Waals surface area contributed by atoms with Crippen LogP contribution in [0.25, 0.3) is 0 Å². The summed E-state index contributed by atoms with van der Waals surface area (Å²) in [7, 11) is 0. The van der Waals surface area contributed by atoms with Crippen molar-refractivity contribution in [2.75, 3.05) is 18.4 Å². The van der Waals surface area contributed by atoms with Crippen LogP contribution >= 0.6 is 0 Å². The predicted octanol–water partition coefficient (Wildman–Crippen LogP) is 4.19. The summed E-state index contributed by atoms with van der Waals surface area (Å²) in [5.74, 6) is -0.788. The molecule has 27 heavy (non-hydrogen) atoms. The second-order valence-corrected chi connectivity index (χ2v) is 7.36. The fourth-order valence-corrected chi connectivity index (χ4v) is 3.88. The van der Waals surface area contributed by atoms with Crippen LogP contribution in [0, 0.1) is 11.7 Å². The van der Waals surface area contributed by atoms with Crippen molar-refractivity contribution in [3.05, 3.63) is 65.5 Å². The number of anilines is 1. The number of nitrogens with zero attached hydrogens (tertiary/aromatic N) is 1. The first-order chi connectivity index (χ1) is 13.1. The van der Waals surface area contributed by atoms with E-state index >= 15 is 0 Å². The number of nitrogens with one attached hydrogen (secondary N) is 1. The number of rotatable bonds is 4. The highest BCUT2D eigenvalue weighted by Gasteiger charge is 2.45. The number of para-hydroxylation sites is 1. The van der Waals surface area contributed by atoms with Crippen molar-refractivity contribution < 1.29 is 14.0 Å². The van der Waals surface area contributed by atoms with Crippen LogP contribution in [-0.4, -0.2) is 29.8 Å². The molecule has 1 aliphatic carbocycles. The fourth-order valence-electron chi connectivity index (χ4n) is 3.88. The maximum Gasteiger partial charge on any atom is 0.255 e. The molecule has 140 valence electrons. The van der Waals surface area contributed by atoms with Crippen molar-refractivity contribution in [1.82, 2.24) is 4.90 Å². The fraction of sp³-hybridized carbons (Fsp3) is 0.364. The van der Waals surface area contributed by atoms with Crippen molar-refractivity contribution in [3.63, 3.8) is 0 Å². The third-order valence-electron chi connectivity index (χ3n) is 5.49. The topological polar surface area (TPSA) is 49.4 Å². The van der Waals surface area contributed by atoms with Crippen molar-refractivity contribution in [3.8, 4) is 0 Å². The van der Waals surface area contributed by atoms with Gasteiger partial charge in [0.1, 0.15) is 5.82 Å². The number of piperidine rings is 1. The summed E-state index contributed by atoms with van der Waals surface area (Å²) >= 11 is 0. The van der Waals surface area contributed by atoms with Crippen molar-refractivity contribution in [2.45, 2.75) is 31.6 Å². The third kappa shape index (κ3) is 3.72. The molecule has 2 unspecified atom stereocenters. The molecule has 2 aromatic rings. The van der Waals surface area contributed by atoms with Gasteiger partial charge < -0.3 is 10.2 Å². The van der Waals surface area contributed by atoms with Crippen LogP contribution in [0.1, 0.15) is 47.5 Å². The van der Waals surface area contributed by atoms with E-state index in [0.29, 0.717) is 23.2 Å². The predicted molar refractivity (Wildman–Crippen MR) is 102 cm³/mol. The van der Waals surface area contributed by atoms with Crippen LogP contribution in [-0.2, 0) is 4.79 Å². The molecule has 0 aromatic heterocycles. The Bertz CT molecular complexity index is 861. The number of hydrogen-bond acceptors (Lipinski definition) is 2. The van der Waals surface area contributed by atoms with Crippen LogP contribution in [0.15, 0.2) is 48.5 Å². The van der Waals surface area contributed by atoms with Gasteiger partial charge in [0.25, 0.3) is 5.91 Å². The lowest BCUT2D eigenvalue weighted by atomic mass is 10.1. The monoisotopic (exact) mass is 366 g/mol. The smallest absolute Gasteiger partial charge is 0.255 e. The van der Waals surface area contributed by atoms with E-state index in [1.807, 2.05) is 17.0 Å². The molecule has 4 rings (SSSR count). The summed E-state index contributed by atoms with van der Waals surface area (Å²) in [4.78, 5) is 27.4. The van der Waals surface area contributed by atoms with Gasteiger partial charge in [-0.1, -0.05) is 30.3 Å². The van der Waals surface area contributed by atoms with E-state index in [9.17, 15) is 14.0 Å². The molecule has 1 saturated heterocycles. The van der Waals surface area contributed by atoms with Crippen LogP contribution < -0.4 is 5.32 Å². The maximum absolute atomic E-state index is 13.9. The zero-order valence-electron chi connectivity index (χ0n) is 15.2. The summed E-state index contributed by atoms with van der Waals surface area (Å²) in [5, 5.41) is 2.90. The van der Waals surface area contributed by atoms with Gasteiger partial charge >= 0.3 is 0 Å². The van der Waals surface area contributed by atoms with Crippen molar-refractivity contribution in [2.24, 2.45) is 5.92 Å². The van der Waals surface area contributed by atoms with Gasteiger partial charge in [0.2, 0.25) is 5.91 Å². The van der Waals surface area contributed by atoms with Gasteiger partial charge in [0.05, 0.1) is 11.3 Å². The van der Waals surface area contributed by atoms with Gasteiger partial charge in [0, 0.05) is 19.0 Å². The zero-order valence-corrected chi connectivity index (χ0v) is 15.2. The highest BCUT2D eigenvalue weighted by molar-refractivity contribution is 6.04. The number of hydrogen-bond donors (Lipinski definition) is 1. The molecule has 2 fully saturated rings. The molecule has 5 heteroatoms. The SMILES string of the molecule is O=C(Nc1ccccc1C(=O)N1CCCCC1)C1CC1c1ccccc1F. The third-order valence-corrected chi connectivity index (χ3v) is 5.49. The minimum atomic E-state index is -0.265. The molecular weight excluding hydrogens is 343 g/mol. The van der Waals surface area contributed by atoms with Gasteiger partial charge in [-0.2, -0.15) is 0 Å². The Hall–Kier alpha value is -2.69. The Morgan fingerprint density at radius 3 is 2.44 bits per heavy atom. The minimum absolute atomic E-state index is 0.0351. The van der Waals surface area contributed by atoms with Gasteiger partial charge in [-0.3, -0.25) is 9.59 Å². The van der Waals surface area contributed by atoms with Gasteiger partial charge in [-0.25, -0.2) is 4.39 Å². The van der Waals surface area contributed by atoms with Crippen LogP contribution in [0.3, 0.4) is 0 Å². The highest BCUT2D eigenvalue weighted by atomic mass is 19.1. The highest BCUT2D eigenvalue weighted by Crippen LogP contribution is 2.48. The number of amides is 2. The summed E-state index contributed by atoms with van der Waals surface area (Å²) in [6.45, 7) is 1.53. The standard InChI is InChI=1S/C22H23FN2O2/c23-19-10-4-2-8-15(19)17-14-18(17)21(26)24-20-11-5-3-9-16(20)22(27)25-12-6-1-7-13-25/h2-5,8-11,17-18H,1,6-7,12-14H2,(H,24,26). The normalized spacial score (nSPS) is 21.6. The lowest BCUT2D eigenvalue weighted by Crippen LogP contribution is -2.36. The molecule has 1 heterocycles. The lowest BCUT2D eigenvalue weighted by Gasteiger charge is -2.27. The second-order valence-electron chi connectivity index (χ2n) is 7.36. The second kappa shape index (κ2) is 7.51. The summed E-state index contributed by atoms with van der Waals surface area (Å²) in [6, 6.07) is 13.7.